The fourth-order valence-corrected chi connectivity index (χ4v) is 6.88. The van der Waals surface area contributed by atoms with Crippen molar-refractivity contribution in [1.82, 2.24) is 10.2 Å². The highest BCUT2D eigenvalue weighted by Gasteiger charge is 2.35. The molecule has 0 radical (unpaired) electrons. The zero-order valence-electron chi connectivity index (χ0n) is 25.7. The van der Waals surface area contributed by atoms with E-state index in [2.05, 4.69) is 5.32 Å². The number of likely N-dealkylation sites (N-methyl/N-ethyl adjacent to an activating group) is 1. The van der Waals surface area contributed by atoms with Gasteiger partial charge in [-0.3, -0.25) is 24.0 Å². The molecule has 0 spiro atoms. The van der Waals surface area contributed by atoms with E-state index in [4.69, 9.17) is 27.9 Å². The van der Waals surface area contributed by atoms with Crippen molar-refractivity contribution in [3.8, 4) is 5.75 Å². The normalized spacial score (nSPS) is 11.8. The highest BCUT2D eigenvalue weighted by Crippen LogP contribution is 2.31. The second kappa shape index (κ2) is 15.3. The first-order chi connectivity index (χ1) is 22.4. The van der Waals surface area contributed by atoms with E-state index in [0.717, 1.165) is 15.9 Å². The van der Waals surface area contributed by atoms with E-state index < -0.39 is 49.9 Å². The Labute approximate surface area is 282 Å². The molecule has 4 rings (SSSR count). The summed E-state index contributed by atoms with van der Waals surface area (Å²) in [6.45, 7) is 0.484. The molecule has 4 aromatic carbocycles. The van der Waals surface area contributed by atoms with Gasteiger partial charge in [0.2, 0.25) is 11.8 Å². The van der Waals surface area contributed by atoms with Gasteiger partial charge in [0.1, 0.15) is 18.3 Å². The highest BCUT2D eigenvalue weighted by atomic mass is 35.5. The van der Waals surface area contributed by atoms with E-state index in [1.54, 1.807) is 42.5 Å². The van der Waals surface area contributed by atoms with Crippen molar-refractivity contribution in [3.63, 3.8) is 0 Å². The number of nitro benzene ring substituents is 1. The van der Waals surface area contributed by atoms with Crippen molar-refractivity contribution in [2.24, 2.45) is 0 Å². The molecule has 0 saturated heterocycles. The van der Waals surface area contributed by atoms with E-state index in [1.807, 2.05) is 6.07 Å². The van der Waals surface area contributed by atoms with E-state index >= 15 is 0 Å². The van der Waals surface area contributed by atoms with Gasteiger partial charge in [-0.25, -0.2) is 8.42 Å². The Morgan fingerprint density at radius 1 is 0.957 bits per heavy atom. The standard InChI is InChI=1S/C33H32Cl2N4O7S/c1-22-12-17-26(19-30(22)39(42)43)47(44,45)38(24-13-15-25(46-3)16-14-24)21-32(40)37(20-27-28(34)10-7-11-29(27)35)31(33(41)36-2)18-23-8-5-4-6-9-23/h4-17,19,31H,18,20-21H2,1-3H3,(H,36,41)/t31-/m0/s1. The molecule has 0 aliphatic rings. The number of rotatable bonds is 13. The monoisotopic (exact) mass is 698 g/mol. The van der Waals surface area contributed by atoms with E-state index in [1.165, 1.54) is 62.4 Å². The number of hydrogen-bond donors (Lipinski definition) is 1. The number of anilines is 1. The molecule has 1 N–H and O–H groups in total. The van der Waals surface area contributed by atoms with Crippen LogP contribution in [0.2, 0.25) is 10.0 Å². The van der Waals surface area contributed by atoms with Crippen molar-refractivity contribution in [2.75, 3.05) is 25.0 Å². The number of amides is 2. The minimum absolute atomic E-state index is 0.0812. The summed E-state index contributed by atoms with van der Waals surface area (Å²) in [7, 11) is -1.71. The summed E-state index contributed by atoms with van der Waals surface area (Å²) in [5.41, 5.74) is 1.05. The molecule has 2 amide bonds. The number of nitrogens with zero attached hydrogens (tertiary/aromatic N) is 3. The number of carbonyl (C=O) groups excluding carboxylic acids is 2. The Morgan fingerprint density at radius 3 is 2.17 bits per heavy atom. The average molecular weight is 700 g/mol. The molecule has 14 heteroatoms. The highest BCUT2D eigenvalue weighted by molar-refractivity contribution is 7.92. The molecule has 0 bridgehead atoms. The van der Waals surface area contributed by atoms with E-state index in [0.29, 0.717) is 11.3 Å². The minimum atomic E-state index is -4.59. The summed E-state index contributed by atoms with van der Waals surface area (Å²) >= 11 is 13.0. The number of hydrogen-bond acceptors (Lipinski definition) is 7. The molecule has 246 valence electrons. The van der Waals surface area contributed by atoms with Crippen LogP contribution in [-0.2, 0) is 32.6 Å². The number of carbonyl (C=O) groups is 2. The summed E-state index contributed by atoms with van der Waals surface area (Å²) in [5.74, 6) is -0.828. The van der Waals surface area contributed by atoms with Gasteiger partial charge in [-0.2, -0.15) is 0 Å². The smallest absolute Gasteiger partial charge is 0.273 e. The Morgan fingerprint density at radius 2 is 1.60 bits per heavy atom. The molecule has 0 fully saturated rings. The third-order valence-electron chi connectivity index (χ3n) is 7.51. The summed E-state index contributed by atoms with van der Waals surface area (Å²) in [5, 5.41) is 14.8. The number of methoxy groups -OCH3 is 1. The zero-order chi connectivity index (χ0) is 34.3. The number of nitro groups is 1. The van der Waals surface area contributed by atoms with Crippen LogP contribution >= 0.6 is 23.2 Å². The number of nitrogens with one attached hydrogen (secondary N) is 1. The SMILES string of the molecule is CNC(=O)[C@H](Cc1ccccc1)N(Cc1c(Cl)cccc1Cl)C(=O)CN(c1ccc(OC)cc1)S(=O)(=O)c1ccc(C)c([N+](=O)[O-])c1. The van der Waals surface area contributed by atoms with Crippen LogP contribution in [0.25, 0.3) is 0 Å². The van der Waals surface area contributed by atoms with Crippen LogP contribution in [0.3, 0.4) is 0 Å². The molecule has 0 unspecified atom stereocenters. The lowest BCUT2D eigenvalue weighted by Crippen LogP contribution is -2.53. The van der Waals surface area contributed by atoms with Crippen molar-refractivity contribution in [2.45, 2.75) is 30.8 Å². The van der Waals surface area contributed by atoms with Gasteiger partial charge in [-0.1, -0.05) is 65.7 Å². The van der Waals surface area contributed by atoms with Gasteiger partial charge >= 0.3 is 0 Å². The van der Waals surface area contributed by atoms with Crippen LogP contribution in [0, 0.1) is 17.0 Å². The second-order valence-electron chi connectivity index (χ2n) is 10.5. The van der Waals surface area contributed by atoms with Crippen LogP contribution in [0.1, 0.15) is 16.7 Å². The maximum Gasteiger partial charge on any atom is 0.273 e. The van der Waals surface area contributed by atoms with Crippen molar-refractivity contribution in [1.29, 1.82) is 0 Å². The fraction of sp³-hybridized carbons (Fsp3) is 0.212. The van der Waals surface area contributed by atoms with Gasteiger partial charge in [-0.15, -0.1) is 0 Å². The van der Waals surface area contributed by atoms with Crippen molar-refractivity contribution >= 4 is 56.4 Å². The zero-order valence-corrected chi connectivity index (χ0v) is 28.1. The molecule has 4 aromatic rings. The maximum absolute atomic E-state index is 14.5. The molecule has 0 aliphatic carbocycles. The molecule has 1 atom stereocenters. The third kappa shape index (κ3) is 8.20. The van der Waals surface area contributed by atoms with Crippen LogP contribution in [0.15, 0.2) is 95.9 Å². The van der Waals surface area contributed by atoms with Crippen LogP contribution in [0.5, 0.6) is 5.75 Å². The molecular weight excluding hydrogens is 667 g/mol. The lowest BCUT2D eigenvalue weighted by molar-refractivity contribution is -0.385. The van der Waals surface area contributed by atoms with Gasteiger partial charge in [0.25, 0.3) is 15.7 Å². The molecule has 0 heterocycles. The predicted molar refractivity (Wildman–Crippen MR) is 180 cm³/mol. The van der Waals surface area contributed by atoms with E-state index in [9.17, 15) is 28.1 Å². The number of ether oxygens (including phenoxy) is 1. The quantitative estimate of drug-likeness (QED) is 0.138. The lowest BCUT2D eigenvalue weighted by atomic mass is 10.0. The number of halogens is 2. The summed E-state index contributed by atoms with van der Waals surface area (Å²) in [6, 6.07) is 22.2. The van der Waals surface area contributed by atoms with Crippen LogP contribution in [-0.4, -0.2) is 56.8 Å². The minimum Gasteiger partial charge on any atom is -0.497 e. The van der Waals surface area contributed by atoms with E-state index in [-0.39, 0.29) is 34.3 Å². The van der Waals surface area contributed by atoms with Crippen molar-refractivity contribution in [3.05, 3.63) is 128 Å². The maximum atomic E-state index is 14.5. The topological polar surface area (TPSA) is 139 Å². The fourth-order valence-electron chi connectivity index (χ4n) is 4.93. The van der Waals surface area contributed by atoms with Crippen LogP contribution < -0.4 is 14.4 Å². The van der Waals surface area contributed by atoms with Gasteiger partial charge < -0.3 is 15.0 Å². The molecule has 0 aromatic heterocycles. The molecule has 0 saturated carbocycles. The van der Waals surface area contributed by atoms with Gasteiger partial charge in [0.05, 0.1) is 22.6 Å². The second-order valence-corrected chi connectivity index (χ2v) is 13.1. The predicted octanol–water partition coefficient (Wildman–Crippen LogP) is 5.80. The molecule has 11 nitrogen and oxygen atoms in total. The number of sulfonamides is 1. The first-order valence-corrected chi connectivity index (χ1v) is 16.5. The van der Waals surface area contributed by atoms with Gasteiger partial charge in [-0.05, 0) is 55.0 Å². The number of aryl methyl sites for hydroxylation is 1. The molecule has 47 heavy (non-hydrogen) atoms. The van der Waals surface area contributed by atoms with Crippen molar-refractivity contribution < 1.29 is 27.7 Å². The Hall–Kier alpha value is -4.65. The lowest BCUT2D eigenvalue weighted by Gasteiger charge is -2.34. The van der Waals surface area contributed by atoms with Crippen LogP contribution in [0.4, 0.5) is 11.4 Å². The molecular formula is C33H32Cl2N4O7S. The third-order valence-corrected chi connectivity index (χ3v) is 9.99. The first-order valence-electron chi connectivity index (χ1n) is 14.3. The first kappa shape index (κ1) is 35.2. The Balaban J connectivity index is 1.86. The number of benzene rings is 4. The summed E-state index contributed by atoms with van der Waals surface area (Å²) < 4.78 is 34.5. The van der Waals surface area contributed by atoms with Gasteiger partial charge in [0.15, 0.2) is 0 Å². The average Bonchev–Trinajstić information content (AvgIpc) is 3.06. The van der Waals surface area contributed by atoms with Gasteiger partial charge in [0, 0.05) is 47.3 Å². The molecule has 0 aliphatic heterocycles. The summed E-state index contributed by atoms with van der Waals surface area (Å²) in [4.78, 5) is 39.7. The summed E-state index contributed by atoms with van der Waals surface area (Å²) in [6.07, 6.45) is 0.0910. The Bertz CT molecular complexity index is 1850. The Kier molecular flexibility index (Phi) is 11.5. The largest absolute Gasteiger partial charge is 0.497 e.